The Kier molecular flexibility index (Phi) is 3.59. The number of hydrogen-bond donors (Lipinski definition) is 0. The molecule has 0 bridgehead atoms. The Bertz CT molecular complexity index is 844. The van der Waals surface area contributed by atoms with Gasteiger partial charge >= 0.3 is 5.63 Å². The third-order valence-electron chi connectivity index (χ3n) is 5.43. The van der Waals surface area contributed by atoms with E-state index in [4.69, 9.17) is 4.42 Å². The van der Waals surface area contributed by atoms with Crippen molar-refractivity contribution in [2.45, 2.75) is 64.2 Å². The number of hydrogen-bond acceptors (Lipinski definition) is 3. The lowest BCUT2D eigenvalue weighted by molar-refractivity contribution is -0.121. The van der Waals surface area contributed by atoms with E-state index in [0.717, 1.165) is 72.6 Å². The van der Waals surface area contributed by atoms with Crippen LogP contribution in [-0.4, -0.2) is 5.78 Å². The van der Waals surface area contributed by atoms with Gasteiger partial charge in [0, 0.05) is 23.3 Å². The summed E-state index contributed by atoms with van der Waals surface area (Å²) in [6.45, 7) is 2.01. The van der Waals surface area contributed by atoms with Crippen LogP contribution in [0.3, 0.4) is 0 Å². The highest BCUT2D eigenvalue weighted by atomic mass is 16.4. The number of aryl methyl sites for hydroxylation is 2. The maximum absolute atomic E-state index is 12.5. The van der Waals surface area contributed by atoms with Gasteiger partial charge in [-0.15, -0.1) is 0 Å². The molecule has 23 heavy (non-hydrogen) atoms. The average molecular weight is 310 g/mol. The molecule has 1 aromatic carbocycles. The van der Waals surface area contributed by atoms with Crippen molar-refractivity contribution in [3.63, 3.8) is 0 Å². The Labute approximate surface area is 135 Å². The number of carbonyl (C=O) groups excluding carboxylic acids is 1. The lowest BCUT2D eigenvalue weighted by atomic mass is 9.79. The van der Waals surface area contributed by atoms with E-state index in [2.05, 4.69) is 6.07 Å². The van der Waals surface area contributed by atoms with Crippen molar-refractivity contribution in [3.8, 4) is 0 Å². The fourth-order valence-electron chi connectivity index (χ4n) is 4.34. The van der Waals surface area contributed by atoms with Gasteiger partial charge in [-0.3, -0.25) is 4.79 Å². The van der Waals surface area contributed by atoms with Gasteiger partial charge in [0.05, 0.1) is 0 Å². The molecule has 4 rings (SSSR count). The SMILES string of the molecule is Cc1cc(C2CCCCC2=O)c2c3c(c(=O)oc2c1)CCCC3. The van der Waals surface area contributed by atoms with Gasteiger partial charge in [-0.2, -0.15) is 0 Å². The Morgan fingerprint density at radius 3 is 2.48 bits per heavy atom. The first kappa shape index (κ1) is 14.7. The van der Waals surface area contributed by atoms with E-state index < -0.39 is 0 Å². The maximum atomic E-state index is 12.5. The van der Waals surface area contributed by atoms with E-state index in [1.54, 1.807) is 0 Å². The molecule has 0 radical (unpaired) electrons. The van der Waals surface area contributed by atoms with Crippen LogP contribution in [0.1, 0.15) is 66.7 Å². The minimum atomic E-state index is -0.182. The Hall–Kier alpha value is -1.90. The third kappa shape index (κ3) is 2.43. The van der Waals surface area contributed by atoms with Crippen molar-refractivity contribution in [1.82, 2.24) is 0 Å². The van der Waals surface area contributed by atoms with Gasteiger partial charge < -0.3 is 4.42 Å². The van der Waals surface area contributed by atoms with Crippen LogP contribution in [0.2, 0.25) is 0 Å². The van der Waals surface area contributed by atoms with E-state index in [0.29, 0.717) is 17.8 Å². The second kappa shape index (κ2) is 5.63. The second-order valence-corrected chi connectivity index (χ2v) is 7.05. The smallest absolute Gasteiger partial charge is 0.339 e. The van der Waals surface area contributed by atoms with Crippen LogP contribution >= 0.6 is 0 Å². The molecule has 120 valence electrons. The summed E-state index contributed by atoms with van der Waals surface area (Å²) in [5, 5.41) is 1.06. The molecule has 1 fully saturated rings. The summed E-state index contributed by atoms with van der Waals surface area (Å²) in [7, 11) is 0. The molecule has 2 aliphatic carbocycles. The predicted octanol–water partition coefficient (Wildman–Crippen LogP) is 4.21. The van der Waals surface area contributed by atoms with Crippen LogP contribution < -0.4 is 5.63 Å². The molecule has 1 heterocycles. The molecule has 1 saturated carbocycles. The zero-order chi connectivity index (χ0) is 16.0. The van der Waals surface area contributed by atoms with Gasteiger partial charge in [-0.1, -0.05) is 12.5 Å². The number of Topliss-reactive ketones (excluding diaryl/α,β-unsaturated/α-hetero) is 1. The standard InChI is InChI=1S/C20H22O3/c1-12-10-16(13-6-4-5-9-17(13)21)19-14-7-2-3-8-15(14)20(22)23-18(19)11-12/h10-11,13H,2-9H2,1H3. The second-order valence-electron chi connectivity index (χ2n) is 7.05. The predicted molar refractivity (Wildman–Crippen MR) is 90.1 cm³/mol. The first-order valence-corrected chi connectivity index (χ1v) is 8.77. The van der Waals surface area contributed by atoms with Gasteiger partial charge in [-0.05, 0) is 68.2 Å². The summed E-state index contributed by atoms with van der Waals surface area (Å²) < 4.78 is 5.64. The van der Waals surface area contributed by atoms with Crippen molar-refractivity contribution in [2.75, 3.05) is 0 Å². The summed E-state index contributed by atoms with van der Waals surface area (Å²) in [4.78, 5) is 24.8. The molecular formula is C20H22O3. The quantitative estimate of drug-likeness (QED) is 0.741. The van der Waals surface area contributed by atoms with Gasteiger partial charge in [0.1, 0.15) is 11.4 Å². The van der Waals surface area contributed by atoms with Crippen molar-refractivity contribution >= 4 is 16.8 Å². The molecule has 0 N–H and O–H groups in total. The largest absolute Gasteiger partial charge is 0.422 e. The average Bonchev–Trinajstić information content (AvgIpc) is 2.54. The molecule has 2 aliphatic rings. The molecule has 0 spiro atoms. The van der Waals surface area contributed by atoms with Gasteiger partial charge in [0.2, 0.25) is 0 Å². The molecule has 0 amide bonds. The molecule has 3 nitrogen and oxygen atoms in total. The minimum absolute atomic E-state index is 0.0233. The normalized spacial score (nSPS) is 21.4. The molecular weight excluding hydrogens is 288 g/mol. The van der Waals surface area contributed by atoms with Crippen LogP contribution in [0.15, 0.2) is 21.3 Å². The maximum Gasteiger partial charge on any atom is 0.339 e. The van der Waals surface area contributed by atoms with Gasteiger partial charge in [0.25, 0.3) is 0 Å². The van der Waals surface area contributed by atoms with Crippen LogP contribution in [-0.2, 0) is 17.6 Å². The number of fused-ring (bicyclic) bond motifs is 3. The number of rotatable bonds is 1. The van der Waals surface area contributed by atoms with Crippen molar-refractivity contribution < 1.29 is 9.21 Å². The minimum Gasteiger partial charge on any atom is -0.422 e. The van der Waals surface area contributed by atoms with E-state index in [1.165, 1.54) is 0 Å². The Morgan fingerprint density at radius 2 is 1.70 bits per heavy atom. The van der Waals surface area contributed by atoms with E-state index in [1.807, 2.05) is 13.0 Å². The zero-order valence-electron chi connectivity index (χ0n) is 13.6. The topological polar surface area (TPSA) is 47.3 Å². The highest BCUT2D eigenvalue weighted by molar-refractivity contribution is 5.94. The van der Waals surface area contributed by atoms with Crippen LogP contribution in [0, 0.1) is 6.92 Å². The lowest BCUT2D eigenvalue weighted by Crippen LogP contribution is -2.20. The molecule has 0 saturated heterocycles. The van der Waals surface area contributed by atoms with Crippen LogP contribution in [0.25, 0.3) is 11.0 Å². The summed E-state index contributed by atoms with van der Waals surface area (Å²) in [6, 6.07) is 4.09. The Morgan fingerprint density at radius 1 is 0.957 bits per heavy atom. The molecule has 3 heteroatoms. The summed E-state index contributed by atoms with van der Waals surface area (Å²) in [5.74, 6) is 0.323. The van der Waals surface area contributed by atoms with Gasteiger partial charge in [0.15, 0.2) is 0 Å². The van der Waals surface area contributed by atoms with Gasteiger partial charge in [-0.25, -0.2) is 4.79 Å². The molecule has 1 unspecified atom stereocenters. The number of benzene rings is 1. The number of carbonyl (C=O) groups is 1. The van der Waals surface area contributed by atoms with Crippen molar-refractivity contribution in [3.05, 3.63) is 44.8 Å². The molecule has 1 atom stereocenters. The zero-order valence-corrected chi connectivity index (χ0v) is 13.6. The fourth-order valence-corrected chi connectivity index (χ4v) is 4.34. The van der Waals surface area contributed by atoms with Crippen molar-refractivity contribution in [1.29, 1.82) is 0 Å². The van der Waals surface area contributed by atoms with Crippen LogP contribution in [0.4, 0.5) is 0 Å². The molecule has 2 aromatic rings. The summed E-state index contributed by atoms with van der Waals surface area (Å²) >= 11 is 0. The third-order valence-corrected chi connectivity index (χ3v) is 5.43. The fraction of sp³-hybridized carbons (Fsp3) is 0.500. The first-order chi connectivity index (χ1) is 11.1. The molecule has 1 aromatic heterocycles. The van der Waals surface area contributed by atoms with Crippen LogP contribution in [0.5, 0.6) is 0 Å². The first-order valence-electron chi connectivity index (χ1n) is 8.77. The lowest BCUT2D eigenvalue weighted by Gasteiger charge is -2.25. The van der Waals surface area contributed by atoms with Crippen molar-refractivity contribution in [2.24, 2.45) is 0 Å². The summed E-state index contributed by atoms with van der Waals surface area (Å²) in [6.07, 6.45) is 7.60. The number of ketones is 1. The van der Waals surface area contributed by atoms with E-state index >= 15 is 0 Å². The molecule has 0 aliphatic heterocycles. The highest BCUT2D eigenvalue weighted by Crippen LogP contribution is 2.38. The summed E-state index contributed by atoms with van der Waals surface area (Å²) in [5.41, 5.74) is 4.65. The van der Waals surface area contributed by atoms with E-state index in [-0.39, 0.29) is 11.5 Å². The highest BCUT2D eigenvalue weighted by Gasteiger charge is 2.28. The monoisotopic (exact) mass is 310 g/mol. The Balaban J connectivity index is 2.03. The van der Waals surface area contributed by atoms with E-state index in [9.17, 15) is 9.59 Å².